The summed E-state index contributed by atoms with van der Waals surface area (Å²) >= 11 is 0. The van der Waals surface area contributed by atoms with E-state index >= 15 is 0 Å². The van der Waals surface area contributed by atoms with E-state index < -0.39 is 8.07 Å². The highest BCUT2D eigenvalue weighted by molar-refractivity contribution is 6.90. The van der Waals surface area contributed by atoms with Crippen molar-refractivity contribution in [2.45, 2.75) is 19.6 Å². The van der Waals surface area contributed by atoms with E-state index in [-0.39, 0.29) is 0 Å². The van der Waals surface area contributed by atoms with Crippen molar-refractivity contribution < 1.29 is 4.42 Å². The molecule has 0 aliphatic carbocycles. The van der Waals surface area contributed by atoms with Gasteiger partial charge in [0.15, 0.2) is 0 Å². The number of para-hydroxylation sites is 1. The number of aromatic nitrogens is 1. The maximum atomic E-state index is 6.27. The first-order valence-corrected chi connectivity index (χ1v) is 11.4. The molecule has 0 atom stereocenters. The second-order valence-corrected chi connectivity index (χ2v) is 12.0. The highest BCUT2D eigenvalue weighted by atomic mass is 28.3. The van der Waals surface area contributed by atoms with Crippen LogP contribution in [0.1, 0.15) is 0 Å². The molecule has 0 saturated heterocycles. The summed E-state index contributed by atoms with van der Waals surface area (Å²) in [5, 5.41) is 3.57. The van der Waals surface area contributed by atoms with E-state index in [1.165, 1.54) is 5.19 Å². The van der Waals surface area contributed by atoms with Crippen LogP contribution >= 0.6 is 0 Å². The average molecular weight is 317 g/mol. The minimum atomic E-state index is -1.54. The number of hydrogen-bond acceptors (Lipinski definition) is 2. The van der Waals surface area contributed by atoms with Crippen molar-refractivity contribution in [1.82, 2.24) is 4.98 Å². The Hall–Kier alpha value is -2.39. The monoisotopic (exact) mass is 317 g/mol. The molecule has 0 N–H and O–H groups in total. The fraction of sp³-hybridized carbons (Fsp3) is 0.150. The minimum Gasteiger partial charge on any atom is -0.456 e. The molecule has 0 fully saturated rings. The number of hydrogen-bond donors (Lipinski definition) is 0. The molecule has 0 unspecified atom stereocenters. The Balaban J connectivity index is 2.17. The summed E-state index contributed by atoms with van der Waals surface area (Å²) in [6.45, 7) is 7.00. The zero-order chi connectivity index (χ0) is 16.0. The first kappa shape index (κ1) is 14.2. The van der Waals surface area contributed by atoms with Gasteiger partial charge in [-0.25, -0.2) is 0 Å². The molecule has 3 heteroatoms. The van der Waals surface area contributed by atoms with Gasteiger partial charge in [-0.3, -0.25) is 4.98 Å². The Kier molecular flexibility index (Phi) is 3.13. The number of fused-ring (bicyclic) bond motifs is 3. The van der Waals surface area contributed by atoms with Gasteiger partial charge in [-0.05, 0) is 6.07 Å². The van der Waals surface area contributed by atoms with Gasteiger partial charge in [0.05, 0.1) is 19.2 Å². The molecule has 2 nitrogen and oxygen atoms in total. The van der Waals surface area contributed by atoms with Gasteiger partial charge < -0.3 is 4.42 Å². The summed E-state index contributed by atoms with van der Waals surface area (Å²) in [6, 6.07) is 18.6. The molecule has 0 saturated carbocycles. The van der Waals surface area contributed by atoms with Crippen LogP contribution in [0.5, 0.6) is 0 Å². The molecule has 2 aromatic carbocycles. The fourth-order valence-electron chi connectivity index (χ4n) is 3.07. The van der Waals surface area contributed by atoms with Crippen molar-refractivity contribution >= 4 is 35.2 Å². The van der Waals surface area contributed by atoms with Crippen LogP contribution in [0.15, 0.2) is 65.2 Å². The molecule has 4 rings (SSSR count). The van der Waals surface area contributed by atoms with Crippen LogP contribution in [0, 0.1) is 0 Å². The van der Waals surface area contributed by atoms with Crippen LogP contribution in [-0.4, -0.2) is 13.1 Å². The summed E-state index contributed by atoms with van der Waals surface area (Å²) in [7, 11) is -1.54. The summed E-state index contributed by atoms with van der Waals surface area (Å²) in [6.07, 6.45) is 2.03. The second kappa shape index (κ2) is 5.07. The Bertz CT molecular complexity index is 997. The van der Waals surface area contributed by atoms with Gasteiger partial charge in [-0.2, -0.15) is 0 Å². The van der Waals surface area contributed by atoms with Gasteiger partial charge in [0, 0.05) is 22.3 Å². The fourth-order valence-corrected chi connectivity index (χ4v) is 4.38. The largest absolute Gasteiger partial charge is 0.456 e. The van der Waals surface area contributed by atoms with Crippen LogP contribution in [0.25, 0.3) is 33.2 Å². The van der Waals surface area contributed by atoms with E-state index in [9.17, 15) is 0 Å². The predicted molar refractivity (Wildman–Crippen MR) is 99.9 cm³/mol. The van der Waals surface area contributed by atoms with Gasteiger partial charge in [0.25, 0.3) is 0 Å². The molecule has 0 bridgehead atoms. The number of rotatable bonds is 2. The van der Waals surface area contributed by atoms with Crippen molar-refractivity contribution in [2.24, 2.45) is 0 Å². The molecule has 0 radical (unpaired) electrons. The van der Waals surface area contributed by atoms with Gasteiger partial charge in [-0.1, -0.05) is 68.2 Å². The Morgan fingerprint density at radius 3 is 2.30 bits per heavy atom. The third-order valence-electron chi connectivity index (χ3n) is 4.25. The van der Waals surface area contributed by atoms with Crippen molar-refractivity contribution in [2.75, 3.05) is 0 Å². The maximum absolute atomic E-state index is 6.27. The van der Waals surface area contributed by atoms with E-state index in [1.54, 1.807) is 0 Å². The lowest BCUT2D eigenvalue weighted by Gasteiger charge is -2.17. The molecular formula is C20H19NOSi. The summed E-state index contributed by atoms with van der Waals surface area (Å²) < 4.78 is 6.27. The van der Waals surface area contributed by atoms with E-state index in [1.807, 2.05) is 24.4 Å². The number of benzene rings is 2. The maximum Gasteiger partial charge on any atom is 0.138 e. The average Bonchev–Trinajstić information content (AvgIpc) is 2.93. The summed E-state index contributed by atoms with van der Waals surface area (Å²) in [4.78, 5) is 4.84. The van der Waals surface area contributed by atoms with Gasteiger partial charge in [0.1, 0.15) is 11.2 Å². The van der Waals surface area contributed by atoms with E-state index in [4.69, 9.17) is 9.40 Å². The van der Waals surface area contributed by atoms with Crippen molar-refractivity contribution in [1.29, 1.82) is 0 Å². The number of furan rings is 1. The lowest BCUT2D eigenvalue weighted by Crippen LogP contribution is -2.38. The van der Waals surface area contributed by atoms with E-state index in [0.29, 0.717) is 0 Å². The number of pyridine rings is 1. The lowest BCUT2D eigenvalue weighted by molar-refractivity contribution is 0.671. The zero-order valence-corrected chi connectivity index (χ0v) is 14.6. The van der Waals surface area contributed by atoms with Crippen LogP contribution in [0.3, 0.4) is 0 Å². The molecular weight excluding hydrogens is 298 g/mol. The van der Waals surface area contributed by atoms with Crippen molar-refractivity contribution in [3.8, 4) is 11.3 Å². The van der Waals surface area contributed by atoms with Crippen LogP contribution in [0.2, 0.25) is 19.6 Å². The number of nitrogens with zero attached hydrogens (tertiary/aromatic N) is 1. The standard InChI is InChI=1S/C20H19NOSi/c1-23(2,3)17-13-21-19(14-9-5-4-6-10-14)18-15-11-7-8-12-16(15)22-20(17)18/h4-13H,1-3H3. The smallest absolute Gasteiger partial charge is 0.138 e. The molecule has 0 amide bonds. The van der Waals surface area contributed by atoms with Crippen LogP contribution in [0.4, 0.5) is 0 Å². The van der Waals surface area contributed by atoms with Gasteiger partial charge in [-0.15, -0.1) is 0 Å². The summed E-state index contributed by atoms with van der Waals surface area (Å²) in [5.41, 5.74) is 4.09. The highest BCUT2D eigenvalue weighted by Crippen LogP contribution is 2.35. The SMILES string of the molecule is C[Si](C)(C)c1cnc(-c2ccccc2)c2c1oc1ccccc12. The molecule has 2 heterocycles. The molecule has 114 valence electrons. The van der Waals surface area contributed by atoms with Gasteiger partial charge in [0.2, 0.25) is 0 Å². The molecule has 0 aliphatic heterocycles. The quantitative estimate of drug-likeness (QED) is 0.475. The van der Waals surface area contributed by atoms with E-state index in [2.05, 4.69) is 56.0 Å². The Labute approximate surface area is 136 Å². The first-order chi connectivity index (χ1) is 11.1. The third-order valence-corrected chi connectivity index (χ3v) is 6.23. The third kappa shape index (κ3) is 2.28. The van der Waals surface area contributed by atoms with E-state index in [0.717, 1.165) is 33.2 Å². The van der Waals surface area contributed by atoms with Crippen molar-refractivity contribution in [3.63, 3.8) is 0 Å². The highest BCUT2D eigenvalue weighted by Gasteiger charge is 2.25. The zero-order valence-electron chi connectivity index (χ0n) is 13.6. The lowest BCUT2D eigenvalue weighted by atomic mass is 10.1. The second-order valence-electron chi connectivity index (χ2n) is 6.94. The minimum absolute atomic E-state index is 0.937. The topological polar surface area (TPSA) is 26.0 Å². The van der Waals surface area contributed by atoms with Crippen molar-refractivity contribution in [3.05, 3.63) is 60.8 Å². The molecule has 4 aromatic rings. The molecule has 0 aliphatic rings. The first-order valence-electron chi connectivity index (χ1n) is 7.92. The molecule has 0 spiro atoms. The molecule has 2 aromatic heterocycles. The van der Waals surface area contributed by atoms with Crippen LogP contribution < -0.4 is 5.19 Å². The Morgan fingerprint density at radius 2 is 1.57 bits per heavy atom. The van der Waals surface area contributed by atoms with Gasteiger partial charge >= 0.3 is 0 Å². The normalized spacial score (nSPS) is 12.1. The van der Waals surface area contributed by atoms with Crippen LogP contribution in [-0.2, 0) is 0 Å². The summed E-state index contributed by atoms with van der Waals surface area (Å²) in [5.74, 6) is 0. The Morgan fingerprint density at radius 1 is 0.870 bits per heavy atom. The predicted octanol–water partition coefficient (Wildman–Crippen LogP) is 5.19. The molecule has 23 heavy (non-hydrogen) atoms.